The van der Waals surface area contributed by atoms with Gasteiger partial charge in [0.1, 0.15) is 0 Å². The number of carbonyl (C=O) groups excluding carboxylic acids is 2. The van der Waals surface area contributed by atoms with Crippen LogP contribution in [0.25, 0.3) is 0 Å². The van der Waals surface area contributed by atoms with E-state index in [-0.39, 0.29) is 56.7 Å². The van der Waals surface area contributed by atoms with Gasteiger partial charge in [0, 0.05) is 5.92 Å². The first-order valence-corrected chi connectivity index (χ1v) is 19.4. The van der Waals surface area contributed by atoms with Gasteiger partial charge in [-0.3, -0.25) is 0 Å². The molecule has 1 aromatic carbocycles. The number of hydrogen-bond donors (Lipinski definition) is 2. The molecule has 0 aliphatic heterocycles. The molecule has 0 radical (unpaired) electrons. The second-order valence-electron chi connectivity index (χ2n) is 15.2. The van der Waals surface area contributed by atoms with Crippen molar-refractivity contribution in [1.82, 2.24) is 0 Å². The van der Waals surface area contributed by atoms with Crippen molar-refractivity contribution in [2.45, 2.75) is 129 Å². The maximum atomic E-state index is 12.5. The molecule has 0 amide bonds. The SMILES string of the molecule is C=C(COCC(C)O)C(=O)OCC(CCc1ccc(C2CCC(C3CCC(CCCCC)CC3)CC2)cc1)COC(=O)C(=C)COCC(C)O. The molecular formula is C42H66O8. The molecule has 282 valence electrons. The summed E-state index contributed by atoms with van der Waals surface area (Å²) in [5.41, 5.74) is 2.92. The van der Waals surface area contributed by atoms with Crippen molar-refractivity contribution >= 4 is 11.9 Å². The lowest BCUT2D eigenvalue weighted by molar-refractivity contribution is -0.145. The minimum Gasteiger partial charge on any atom is -0.462 e. The standard InChI is InChI=1S/C42H66O8/c1-6-7-8-9-34-12-16-37(17-13-34)39-20-22-40(23-21-39)38-18-14-35(15-19-38)10-11-36(28-49-41(45)30(2)24-47-26-32(4)43)29-50-42(46)31(3)25-48-27-33(5)44/h14-15,18-19,32-34,36-37,39-40,43-44H,2-3,6-13,16-17,20-29H2,1,4-5H3. The summed E-state index contributed by atoms with van der Waals surface area (Å²) < 4.78 is 21.6. The number of rotatable bonds is 23. The molecule has 0 saturated heterocycles. The van der Waals surface area contributed by atoms with E-state index in [4.69, 9.17) is 18.9 Å². The van der Waals surface area contributed by atoms with Gasteiger partial charge in [-0.15, -0.1) is 0 Å². The third-order valence-electron chi connectivity index (χ3n) is 10.6. The second-order valence-corrected chi connectivity index (χ2v) is 15.2. The summed E-state index contributed by atoms with van der Waals surface area (Å²) in [7, 11) is 0. The number of aryl methyl sites for hydroxylation is 1. The average Bonchev–Trinajstić information content (AvgIpc) is 3.11. The first-order chi connectivity index (χ1) is 24.0. The van der Waals surface area contributed by atoms with Crippen LogP contribution in [0.4, 0.5) is 0 Å². The highest BCUT2D eigenvalue weighted by atomic mass is 16.6. The summed E-state index contributed by atoms with van der Waals surface area (Å²) in [5.74, 6) is 2.04. The summed E-state index contributed by atoms with van der Waals surface area (Å²) in [5, 5.41) is 18.8. The van der Waals surface area contributed by atoms with E-state index in [9.17, 15) is 19.8 Å². The second kappa shape index (κ2) is 23.1. The number of hydrogen-bond acceptors (Lipinski definition) is 8. The maximum absolute atomic E-state index is 12.5. The van der Waals surface area contributed by atoms with Gasteiger partial charge in [0.25, 0.3) is 0 Å². The van der Waals surface area contributed by atoms with Crippen LogP contribution in [-0.2, 0) is 35.0 Å². The molecule has 8 heteroatoms. The number of esters is 2. The predicted molar refractivity (Wildman–Crippen MR) is 198 cm³/mol. The number of carbonyl (C=O) groups is 2. The average molecular weight is 699 g/mol. The highest BCUT2D eigenvalue weighted by molar-refractivity contribution is 5.88. The zero-order chi connectivity index (χ0) is 36.3. The van der Waals surface area contributed by atoms with Crippen molar-refractivity contribution < 1.29 is 38.7 Å². The molecule has 3 rings (SSSR count). The van der Waals surface area contributed by atoms with Crippen LogP contribution in [0.2, 0.25) is 0 Å². The minimum atomic E-state index is -0.645. The van der Waals surface area contributed by atoms with Crippen LogP contribution in [0, 0.1) is 23.7 Å². The normalized spacial score (nSPS) is 22.7. The molecule has 2 N–H and O–H groups in total. The van der Waals surface area contributed by atoms with E-state index in [1.165, 1.54) is 88.2 Å². The molecule has 0 bridgehead atoms. The molecule has 2 unspecified atom stereocenters. The molecule has 8 nitrogen and oxygen atoms in total. The first-order valence-electron chi connectivity index (χ1n) is 19.4. The topological polar surface area (TPSA) is 112 Å². The molecule has 2 atom stereocenters. The Balaban J connectivity index is 1.47. The monoisotopic (exact) mass is 698 g/mol. The Morgan fingerprint density at radius 1 is 0.740 bits per heavy atom. The highest BCUT2D eigenvalue weighted by Gasteiger charge is 2.31. The Labute approximate surface area is 302 Å². The quantitative estimate of drug-likeness (QED) is 0.0675. The van der Waals surface area contributed by atoms with Crippen LogP contribution in [0.5, 0.6) is 0 Å². The van der Waals surface area contributed by atoms with Gasteiger partial charge in [-0.05, 0) is 100 Å². The Hall–Kier alpha value is -2.52. The fraction of sp³-hybridized carbons (Fsp3) is 0.714. The van der Waals surface area contributed by atoms with Gasteiger partial charge in [0.15, 0.2) is 0 Å². The first kappa shape index (κ1) is 41.9. The van der Waals surface area contributed by atoms with E-state index in [1.54, 1.807) is 13.8 Å². The highest BCUT2D eigenvalue weighted by Crippen LogP contribution is 2.44. The van der Waals surface area contributed by atoms with Gasteiger partial charge in [-0.2, -0.15) is 0 Å². The lowest BCUT2D eigenvalue weighted by atomic mass is 9.68. The Morgan fingerprint density at radius 3 is 1.72 bits per heavy atom. The van der Waals surface area contributed by atoms with Gasteiger partial charge < -0.3 is 29.2 Å². The fourth-order valence-corrected chi connectivity index (χ4v) is 7.51. The van der Waals surface area contributed by atoms with Crippen molar-refractivity contribution in [1.29, 1.82) is 0 Å². The van der Waals surface area contributed by atoms with E-state index in [2.05, 4.69) is 44.3 Å². The van der Waals surface area contributed by atoms with Crippen LogP contribution in [-0.4, -0.2) is 74.0 Å². The summed E-state index contributed by atoms with van der Waals surface area (Å²) in [4.78, 5) is 25.1. The molecule has 2 fully saturated rings. The van der Waals surface area contributed by atoms with Crippen LogP contribution >= 0.6 is 0 Å². The molecule has 0 heterocycles. The fourth-order valence-electron chi connectivity index (χ4n) is 7.51. The number of benzene rings is 1. The van der Waals surface area contributed by atoms with E-state index >= 15 is 0 Å². The summed E-state index contributed by atoms with van der Waals surface area (Å²) in [6.45, 7) is 13.2. The lowest BCUT2D eigenvalue weighted by Crippen LogP contribution is -2.25. The molecular weight excluding hydrogens is 632 g/mol. The van der Waals surface area contributed by atoms with Gasteiger partial charge in [-0.25, -0.2) is 9.59 Å². The van der Waals surface area contributed by atoms with Crippen LogP contribution in [0.15, 0.2) is 48.6 Å². The molecule has 2 aliphatic rings. The Kier molecular flexibility index (Phi) is 19.4. The summed E-state index contributed by atoms with van der Waals surface area (Å²) in [6, 6.07) is 8.98. The molecule has 2 aliphatic carbocycles. The lowest BCUT2D eigenvalue weighted by Gasteiger charge is -2.38. The zero-order valence-corrected chi connectivity index (χ0v) is 31.3. The third kappa shape index (κ3) is 15.8. The summed E-state index contributed by atoms with van der Waals surface area (Å²) >= 11 is 0. The van der Waals surface area contributed by atoms with Gasteiger partial charge in [-0.1, -0.05) is 82.9 Å². The van der Waals surface area contributed by atoms with Gasteiger partial charge >= 0.3 is 11.9 Å². The third-order valence-corrected chi connectivity index (χ3v) is 10.6. The molecule has 0 aromatic heterocycles. The minimum absolute atomic E-state index is 0.0378. The smallest absolute Gasteiger partial charge is 0.335 e. The number of unbranched alkanes of at least 4 members (excludes halogenated alkanes) is 2. The molecule has 0 spiro atoms. The largest absolute Gasteiger partial charge is 0.462 e. The molecule has 2 saturated carbocycles. The van der Waals surface area contributed by atoms with Crippen molar-refractivity contribution in [3.63, 3.8) is 0 Å². The number of aliphatic hydroxyl groups excluding tert-OH is 2. The zero-order valence-electron chi connectivity index (χ0n) is 31.3. The van der Waals surface area contributed by atoms with Crippen LogP contribution < -0.4 is 0 Å². The molecule has 50 heavy (non-hydrogen) atoms. The number of ether oxygens (including phenoxy) is 4. The van der Waals surface area contributed by atoms with E-state index in [0.29, 0.717) is 12.3 Å². The van der Waals surface area contributed by atoms with E-state index in [1.807, 2.05) is 0 Å². The van der Waals surface area contributed by atoms with E-state index < -0.39 is 24.1 Å². The van der Waals surface area contributed by atoms with Gasteiger partial charge in [0.2, 0.25) is 0 Å². The van der Waals surface area contributed by atoms with Crippen molar-refractivity contribution in [3.05, 3.63) is 59.7 Å². The van der Waals surface area contributed by atoms with Crippen molar-refractivity contribution in [2.24, 2.45) is 23.7 Å². The molecule has 1 aromatic rings. The van der Waals surface area contributed by atoms with Crippen LogP contribution in [0.3, 0.4) is 0 Å². The van der Waals surface area contributed by atoms with E-state index in [0.717, 1.165) is 24.2 Å². The van der Waals surface area contributed by atoms with Crippen LogP contribution in [0.1, 0.15) is 121 Å². The Bertz CT molecular complexity index is 1100. The van der Waals surface area contributed by atoms with Gasteiger partial charge in [0.05, 0.1) is 63.0 Å². The Morgan fingerprint density at radius 2 is 1.24 bits per heavy atom. The number of aliphatic hydroxyl groups is 2. The summed E-state index contributed by atoms with van der Waals surface area (Å²) in [6.07, 6.45) is 16.7. The maximum Gasteiger partial charge on any atom is 0.335 e. The predicted octanol–water partition coefficient (Wildman–Crippen LogP) is 7.89. The van der Waals surface area contributed by atoms with Crippen molar-refractivity contribution in [3.8, 4) is 0 Å². The van der Waals surface area contributed by atoms with Crippen molar-refractivity contribution in [2.75, 3.05) is 39.6 Å².